The second kappa shape index (κ2) is 8.91. The lowest BCUT2D eigenvalue weighted by Gasteiger charge is -2.06. The molecule has 12 heteroatoms. The number of para-hydroxylation sites is 1. The predicted molar refractivity (Wildman–Crippen MR) is 133 cm³/mol. The lowest BCUT2D eigenvalue weighted by molar-refractivity contribution is -0.485. The van der Waals surface area contributed by atoms with E-state index >= 15 is 0 Å². The van der Waals surface area contributed by atoms with E-state index in [0.29, 0.717) is 36.0 Å². The molecule has 0 fully saturated rings. The molecule has 0 radical (unpaired) electrons. The van der Waals surface area contributed by atoms with Gasteiger partial charge < -0.3 is 25.7 Å². The Morgan fingerprint density at radius 3 is 2.64 bits per heavy atom. The van der Waals surface area contributed by atoms with Crippen LogP contribution >= 0.6 is 0 Å². The van der Waals surface area contributed by atoms with E-state index in [0.717, 1.165) is 16.4 Å². The van der Waals surface area contributed by atoms with E-state index in [2.05, 4.69) is 20.7 Å². The minimum atomic E-state index is -0.881. The van der Waals surface area contributed by atoms with Gasteiger partial charge in [-0.05, 0) is 30.7 Å². The Kier molecular flexibility index (Phi) is 5.60. The van der Waals surface area contributed by atoms with Crippen LogP contribution in [0.4, 0.5) is 0 Å². The largest absolute Gasteiger partial charge is 0.508 e. The number of imide groups is 1. The molecule has 6 N–H and O–H groups in total. The molecule has 12 nitrogen and oxygen atoms in total. The van der Waals surface area contributed by atoms with Crippen molar-refractivity contribution in [3.8, 4) is 5.75 Å². The molecule has 0 saturated heterocycles. The molecule has 0 spiro atoms. The number of carbonyl (C=O) groups is 2. The maximum absolute atomic E-state index is 13.0. The number of amides is 2. The molecule has 5 rings (SSSR count). The van der Waals surface area contributed by atoms with E-state index in [1.54, 1.807) is 24.5 Å². The summed E-state index contributed by atoms with van der Waals surface area (Å²) in [5.74, 6) is -1.29. The highest BCUT2D eigenvalue weighted by molar-refractivity contribution is 6.50. The first-order valence-corrected chi connectivity index (χ1v) is 11.0. The SMILES string of the molecule is NC(=N[N+](=O)[O-])NCCCn1cc(C2=C(c3c[nH]c4ccccc34)C(=O)NC2=O)c2cc(O)ccc21. The van der Waals surface area contributed by atoms with Crippen molar-refractivity contribution >= 4 is 50.7 Å². The van der Waals surface area contributed by atoms with Gasteiger partial charge in [-0.25, -0.2) is 10.1 Å². The van der Waals surface area contributed by atoms with Crippen molar-refractivity contribution in [2.75, 3.05) is 6.54 Å². The normalized spacial score (nSPS) is 14.2. The van der Waals surface area contributed by atoms with Crippen molar-refractivity contribution in [3.05, 3.63) is 76.1 Å². The molecule has 4 aromatic rings. The average Bonchev–Trinajstić information content (AvgIpc) is 3.48. The first kappa shape index (κ1) is 22.7. The average molecular weight is 487 g/mol. The van der Waals surface area contributed by atoms with Gasteiger partial charge in [-0.1, -0.05) is 18.2 Å². The zero-order valence-electron chi connectivity index (χ0n) is 18.8. The van der Waals surface area contributed by atoms with Gasteiger partial charge in [-0.3, -0.25) is 14.9 Å². The van der Waals surface area contributed by atoms with Crippen molar-refractivity contribution in [1.82, 2.24) is 20.2 Å². The highest BCUT2D eigenvalue weighted by atomic mass is 16.7. The second-order valence-electron chi connectivity index (χ2n) is 8.22. The molecule has 0 saturated carbocycles. The maximum Gasteiger partial charge on any atom is 0.266 e. The molecule has 36 heavy (non-hydrogen) atoms. The van der Waals surface area contributed by atoms with Crippen molar-refractivity contribution < 1.29 is 19.7 Å². The number of carbonyl (C=O) groups excluding carboxylic acids is 2. The standard InChI is InChI=1S/C24H21N7O5/c25-24(29-31(35)36)26-8-3-9-30-12-17(15-10-13(32)6-7-19(15)30)21-20(22(33)28-23(21)34)16-11-27-18-5-2-1-4-14(16)18/h1-2,4-7,10-12,27,32H,3,8-9H2,(H3,25,26,29)(H,28,33,34). The number of aromatic hydroxyl groups is 1. The molecule has 2 amide bonds. The summed E-state index contributed by atoms with van der Waals surface area (Å²) in [5.41, 5.74) is 8.62. The number of phenols is 1. The van der Waals surface area contributed by atoms with Crippen LogP contribution in [-0.4, -0.2) is 44.0 Å². The van der Waals surface area contributed by atoms with Crippen molar-refractivity contribution in [2.45, 2.75) is 13.0 Å². The Morgan fingerprint density at radius 1 is 1.11 bits per heavy atom. The number of aromatic amines is 1. The number of hydrazone groups is 1. The van der Waals surface area contributed by atoms with Gasteiger partial charge in [0.25, 0.3) is 17.8 Å². The third-order valence-corrected chi connectivity index (χ3v) is 6.00. The summed E-state index contributed by atoms with van der Waals surface area (Å²) in [6.45, 7) is 0.782. The third kappa shape index (κ3) is 4.00. The fraction of sp³-hybridized carbons (Fsp3) is 0.125. The van der Waals surface area contributed by atoms with Crippen molar-refractivity contribution in [3.63, 3.8) is 0 Å². The molecular formula is C24H21N7O5. The van der Waals surface area contributed by atoms with Gasteiger partial charge in [-0.15, -0.1) is 0 Å². The number of aromatic nitrogens is 2. The molecule has 1 aliphatic heterocycles. The Labute approximate surface area is 203 Å². The number of rotatable bonds is 7. The molecule has 2 aromatic carbocycles. The van der Waals surface area contributed by atoms with Crippen LogP contribution in [0, 0.1) is 10.1 Å². The van der Waals surface area contributed by atoms with E-state index in [1.807, 2.05) is 28.8 Å². The zero-order chi connectivity index (χ0) is 25.4. The number of hydrogen-bond acceptors (Lipinski definition) is 5. The van der Waals surface area contributed by atoms with Gasteiger partial charge in [0, 0.05) is 58.4 Å². The molecule has 0 atom stereocenters. The first-order chi connectivity index (χ1) is 17.3. The number of aryl methyl sites for hydroxylation is 1. The summed E-state index contributed by atoms with van der Waals surface area (Å²) in [5, 5.41) is 29.2. The first-order valence-electron chi connectivity index (χ1n) is 11.0. The van der Waals surface area contributed by atoms with Gasteiger partial charge in [0.2, 0.25) is 0 Å². The van der Waals surface area contributed by atoms with E-state index in [-0.39, 0.29) is 22.9 Å². The topological polar surface area (TPSA) is 181 Å². The van der Waals surface area contributed by atoms with Crippen LogP contribution in [0.1, 0.15) is 17.5 Å². The third-order valence-electron chi connectivity index (χ3n) is 6.00. The number of H-pyrrole nitrogens is 1. The number of guanidine groups is 1. The smallest absolute Gasteiger partial charge is 0.266 e. The predicted octanol–water partition coefficient (Wildman–Crippen LogP) is 1.88. The number of nitrogens with zero attached hydrogens (tertiary/aromatic N) is 3. The van der Waals surface area contributed by atoms with Gasteiger partial charge in [0.05, 0.1) is 11.1 Å². The number of phenolic OH excluding ortho intramolecular Hbond substituents is 1. The number of nitro groups is 1. The summed E-state index contributed by atoms with van der Waals surface area (Å²) in [6, 6.07) is 12.3. The summed E-state index contributed by atoms with van der Waals surface area (Å²) in [4.78, 5) is 39.5. The number of nitrogens with one attached hydrogen (secondary N) is 3. The lowest BCUT2D eigenvalue weighted by atomic mass is 9.95. The minimum Gasteiger partial charge on any atom is -0.508 e. The van der Waals surface area contributed by atoms with Crippen LogP contribution in [0.25, 0.3) is 33.0 Å². The molecule has 1 aliphatic rings. The van der Waals surface area contributed by atoms with Crippen molar-refractivity contribution in [1.29, 1.82) is 0 Å². The minimum absolute atomic E-state index is 0.0194. The molecule has 2 aromatic heterocycles. The zero-order valence-corrected chi connectivity index (χ0v) is 18.8. The number of fused-ring (bicyclic) bond motifs is 2. The quantitative estimate of drug-likeness (QED) is 0.0659. The molecular weight excluding hydrogens is 466 g/mol. The fourth-order valence-corrected chi connectivity index (χ4v) is 4.51. The summed E-state index contributed by atoms with van der Waals surface area (Å²) < 4.78 is 1.89. The highest BCUT2D eigenvalue weighted by Crippen LogP contribution is 2.39. The Morgan fingerprint density at radius 2 is 1.86 bits per heavy atom. The van der Waals surface area contributed by atoms with Crippen LogP contribution < -0.4 is 16.4 Å². The van der Waals surface area contributed by atoms with Gasteiger partial charge in [-0.2, -0.15) is 0 Å². The van der Waals surface area contributed by atoms with Crippen LogP contribution in [-0.2, 0) is 16.1 Å². The van der Waals surface area contributed by atoms with E-state index in [9.17, 15) is 24.8 Å². The van der Waals surface area contributed by atoms with E-state index < -0.39 is 16.8 Å². The number of benzene rings is 2. The molecule has 0 aliphatic carbocycles. The van der Waals surface area contributed by atoms with Crippen LogP contribution in [0.3, 0.4) is 0 Å². The Bertz CT molecular complexity index is 1610. The van der Waals surface area contributed by atoms with Gasteiger partial charge in [0.1, 0.15) is 10.9 Å². The maximum atomic E-state index is 13.0. The molecule has 0 bridgehead atoms. The Hall–Kier alpha value is -5.13. The van der Waals surface area contributed by atoms with Crippen LogP contribution in [0.5, 0.6) is 5.75 Å². The molecule has 182 valence electrons. The Balaban J connectivity index is 1.57. The molecule has 0 unspecified atom stereocenters. The van der Waals surface area contributed by atoms with Gasteiger partial charge >= 0.3 is 0 Å². The van der Waals surface area contributed by atoms with E-state index in [1.165, 1.54) is 6.07 Å². The number of nitrogens with two attached hydrogens (primary N) is 1. The van der Waals surface area contributed by atoms with Gasteiger partial charge in [0.15, 0.2) is 5.03 Å². The highest BCUT2D eigenvalue weighted by Gasteiger charge is 2.35. The lowest BCUT2D eigenvalue weighted by Crippen LogP contribution is -2.33. The summed E-state index contributed by atoms with van der Waals surface area (Å²) in [6.07, 6.45) is 4.00. The van der Waals surface area contributed by atoms with Crippen LogP contribution in [0.15, 0.2) is 60.0 Å². The van der Waals surface area contributed by atoms with E-state index in [4.69, 9.17) is 5.73 Å². The summed E-state index contributed by atoms with van der Waals surface area (Å²) in [7, 11) is 0. The molecule has 3 heterocycles. The van der Waals surface area contributed by atoms with Crippen molar-refractivity contribution in [2.24, 2.45) is 10.8 Å². The number of hydrogen-bond donors (Lipinski definition) is 5. The monoisotopic (exact) mass is 487 g/mol. The van der Waals surface area contributed by atoms with Crippen LogP contribution in [0.2, 0.25) is 0 Å². The fourth-order valence-electron chi connectivity index (χ4n) is 4.51. The summed E-state index contributed by atoms with van der Waals surface area (Å²) >= 11 is 0. The second-order valence-corrected chi connectivity index (χ2v) is 8.22.